The maximum Gasteiger partial charge on any atom is 1.00 e. The fraction of sp³-hybridized carbons (Fsp3) is 0.333. The molecule has 7 nitrogen and oxygen atoms in total. The summed E-state index contributed by atoms with van der Waals surface area (Å²) < 4.78 is 0. The van der Waals surface area contributed by atoms with Gasteiger partial charge in [0.25, 0.3) is 0 Å². The number of aliphatic carboxylic acids is 1. The number of carbonyl (C=O) groups is 2. The van der Waals surface area contributed by atoms with Gasteiger partial charge in [-0.2, -0.15) is 0 Å². The molecule has 0 fully saturated rings. The second-order valence-corrected chi connectivity index (χ2v) is 1.90. The summed E-state index contributed by atoms with van der Waals surface area (Å²) in [5.74, 6) is -3.41. The maximum absolute atomic E-state index is 10.2. The molecule has 0 unspecified atom stereocenters. The summed E-state index contributed by atoms with van der Waals surface area (Å²) in [5.41, 5.74) is 5.44. The van der Waals surface area contributed by atoms with Crippen LogP contribution in [0.3, 0.4) is 0 Å². The number of nitrogens with zero attached hydrogens (tertiary/aromatic N) is 1. The minimum atomic E-state index is -1.93. The first-order chi connectivity index (χ1) is 6.07. The summed E-state index contributed by atoms with van der Waals surface area (Å²) in [6.45, 7) is 1.56. The topological polar surface area (TPSA) is 102 Å². The van der Waals surface area contributed by atoms with Crippen molar-refractivity contribution in [3.63, 3.8) is 0 Å². The normalized spacial score (nSPS) is 9.07. The van der Waals surface area contributed by atoms with Gasteiger partial charge in [-0.15, -0.1) is 0 Å². The Hall–Kier alpha value is 1.51. The van der Waals surface area contributed by atoms with Crippen LogP contribution in [0.25, 0.3) is 5.48 Å². The Bertz CT molecular complexity index is 234. The molecule has 0 rings (SSSR count). The van der Waals surface area contributed by atoms with E-state index in [1.165, 1.54) is 7.11 Å². The van der Waals surface area contributed by atoms with Crippen LogP contribution in [0.15, 0.2) is 12.0 Å². The van der Waals surface area contributed by atoms with Crippen molar-refractivity contribution in [1.29, 1.82) is 0 Å². The smallest absolute Gasteiger partial charge is 0.558 e. The third-order valence-electron chi connectivity index (χ3n) is 0.803. The number of hydroxylamine groups is 2. The van der Waals surface area contributed by atoms with E-state index in [-0.39, 0.29) is 103 Å². The Kier molecular flexibility index (Phi) is 19.7. The number of carbonyl (C=O) groups excluding carboxylic acids is 2. The summed E-state index contributed by atoms with van der Waals surface area (Å²) in [6, 6.07) is 0. The number of carboxylic acids is 1. The third kappa shape index (κ3) is 13.4. The largest absolute Gasteiger partial charge is 1.00 e. The Labute approximate surface area is 172 Å². The summed E-state index contributed by atoms with van der Waals surface area (Å²) in [5, 5.41) is 9.81. The van der Waals surface area contributed by atoms with Crippen molar-refractivity contribution < 1.29 is 127 Å². The number of hydrogen-bond acceptors (Lipinski definition) is 6. The molecule has 0 saturated carbocycles. The van der Waals surface area contributed by atoms with Crippen LogP contribution < -0.4 is 113 Å². The molecule has 0 aliphatic rings. The Balaban J connectivity index is -0.000000720. The Morgan fingerprint density at radius 2 is 1.93 bits per heavy atom. The van der Waals surface area contributed by atoms with E-state index < -0.39 is 11.9 Å². The maximum atomic E-state index is 10.2. The van der Waals surface area contributed by atoms with Crippen molar-refractivity contribution in [3.8, 4) is 0 Å². The van der Waals surface area contributed by atoms with E-state index in [9.17, 15) is 14.7 Å². The van der Waals surface area contributed by atoms with Gasteiger partial charge in [-0.05, 0) is 6.92 Å². The average molecular weight is 266 g/mol. The van der Waals surface area contributed by atoms with Gasteiger partial charge in [-0.1, -0.05) is 0 Å². The molecule has 0 bridgehead atoms. The molecule has 0 heterocycles. The molecule has 0 spiro atoms. The van der Waals surface area contributed by atoms with Gasteiger partial charge in [0.15, 0.2) is 0 Å². The van der Waals surface area contributed by atoms with Crippen molar-refractivity contribution in [2.75, 3.05) is 7.11 Å². The molecule has 1 N–H and O–H groups in total. The van der Waals surface area contributed by atoms with Crippen molar-refractivity contribution in [3.05, 3.63) is 17.4 Å². The van der Waals surface area contributed by atoms with Crippen molar-refractivity contribution >= 4 is 11.9 Å². The fourth-order valence-electron chi connectivity index (χ4n) is 0.376. The van der Waals surface area contributed by atoms with E-state index >= 15 is 0 Å². The van der Waals surface area contributed by atoms with Gasteiger partial charge in [0.1, 0.15) is 5.91 Å². The summed E-state index contributed by atoms with van der Waals surface area (Å²) in [7, 11) is 1.38. The number of nitrogens with one attached hydrogen (secondary N) is 1. The molecule has 0 atom stereocenters. The van der Waals surface area contributed by atoms with Gasteiger partial charge in [0, 0.05) is 0 Å². The van der Waals surface area contributed by atoms with Crippen LogP contribution in [0.5, 0.6) is 0 Å². The minimum Gasteiger partial charge on any atom is -0.558 e. The quantitative estimate of drug-likeness (QED) is 0.235. The second-order valence-electron chi connectivity index (χ2n) is 1.90. The summed E-state index contributed by atoms with van der Waals surface area (Å²) in [6.07, 6.45) is 1.00. The number of allylic oxidation sites excluding steroid dienone is 1. The van der Waals surface area contributed by atoms with Gasteiger partial charge in [-0.3, -0.25) is 10.3 Å². The number of rotatable bonds is 4. The van der Waals surface area contributed by atoms with Crippen LogP contribution in [-0.2, 0) is 19.3 Å². The molecule has 0 aromatic carbocycles. The zero-order valence-corrected chi connectivity index (χ0v) is 15.3. The zero-order chi connectivity index (χ0) is 10.3. The van der Waals surface area contributed by atoms with Crippen LogP contribution in [-0.4, -0.2) is 19.0 Å². The molecule has 0 saturated heterocycles. The van der Waals surface area contributed by atoms with E-state index in [2.05, 4.69) is 20.6 Å². The zero-order valence-electron chi connectivity index (χ0n) is 9.07. The number of amides is 1. The van der Waals surface area contributed by atoms with E-state index in [1.54, 1.807) is 6.92 Å². The summed E-state index contributed by atoms with van der Waals surface area (Å²) >= 11 is 0. The number of carboxylic acid groups (broad SMARTS) is 1. The predicted molar refractivity (Wildman–Crippen MR) is 38.4 cm³/mol. The van der Waals surface area contributed by atoms with E-state index in [0.717, 1.165) is 6.26 Å². The monoisotopic (exact) mass is 266 g/mol. The standard InChI is InChI=1S/C6H10N2O5.2K/c1-4(7-12-2)3-13-8-5(9)6(10)11;;/h3,7H,1-2H3,(H2,8,9,10,11);;/q;2*+1/p-2/b4-3-;;. The number of hydrogen-bond donors (Lipinski definition) is 1. The summed E-state index contributed by atoms with van der Waals surface area (Å²) in [4.78, 5) is 28.7. The van der Waals surface area contributed by atoms with E-state index in [4.69, 9.17) is 0 Å². The van der Waals surface area contributed by atoms with Crippen molar-refractivity contribution in [2.24, 2.45) is 0 Å². The van der Waals surface area contributed by atoms with E-state index in [1.807, 2.05) is 0 Å². The molecule has 15 heavy (non-hydrogen) atoms. The Morgan fingerprint density at radius 3 is 2.33 bits per heavy atom. The van der Waals surface area contributed by atoms with Gasteiger partial charge >= 0.3 is 103 Å². The Morgan fingerprint density at radius 1 is 1.40 bits per heavy atom. The van der Waals surface area contributed by atoms with Crippen LogP contribution >= 0.6 is 0 Å². The van der Waals surface area contributed by atoms with Crippen LogP contribution in [0, 0.1) is 0 Å². The molecule has 9 heteroatoms. The first-order valence-electron chi connectivity index (χ1n) is 3.16. The molecule has 1 amide bonds. The molecule has 0 aromatic heterocycles. The van der Waals surface area contributed by atoms with Crippen molar-refractivity contribution in [1.82, 2.24) is 5.48 Å². The van der Waals surface area contributed by atoms with Gasteiger partial charge in [0.2, 0.25) is 0 Å². The molecule has 0 aliphatic carbocycles. The first-order valence-corrected chi connectivity index (χ1v) is 3.16. The predicted octanol–water partition coefficient (Wildman–Crippen LogP) is -7.41. The average Bonchev–Trinajstić information content (AvgIpc) is 2.04. The first kappa shape index (κ1) is 21.8. The SMILES string of the molecule is CON/C(C)=C\O[N-]C(=O)C(=O)[O-].[K+].[K+]. The second kappa shape index (κ2) is 13.6. The minimum absolute atomic E-state index is 0. The van der Waals surface area contributed by atoms with Crippen LogP contribution in [0.2, 0.25) is 0 Å². The molecular weight excluding hydrogens is 258 g/mol. The molecule has 0 aliphatic heterocycles. The van der Waals surface area contributed by atoms with Gasteiger partial charge < -0.3 is 25.0 Å². The fourth-order valence-corrected chi connectivity index (χ4v) is 0.376. The third-order valence-corrected chi connectivity index (χ3v) is 0.803. The molecular formula is C6H8K2N2O5. The van der Waals surface area contributed by atoms with Crippen molar-refractivity contribution in [2.45, 2.75) is 6.92 Å². The molecule has 74 valence electrons. The van der Waals surface area contributed by atoms with E-state index in [0.29, 0.717) is 5.70 Å². The molecule has 0 radical (unpaired) electrons. The molecule has 0 aromatic rings. The van der Waals surface area contributed by atoms with Gasteiger partial charge in [-0.25, -0.2) is 0 Å². The van der Waals surface area contributed by atoms with Gasteiger partial charge in [0.05, 0.1) is 25.0 Å². The van der Waals surface area contributed by atoms with Crippen LogP contribution in [0.1, 0.15) is 6.92 Å². The van der Waals surface area contributed by atoms with Crippen LogP contribution in [0.4, 0.5) is 0 Å².